The van der Waals surface area contributed by atoms with Crippen LogP contribution in [0.5, 0.6) is 0 Å². The van der Waals surface area contributed by atoms with Crippen LogP contribution in [-0.4, -0.2) is 12.3 Å². The Morgan fingerprint density at radius 1 is 1.27 bits per heavy atom. The van der Waals surface area contributed by atoms with Crippen LogP contribution in [-0.2, 0) is 11.2 Å². The molecule has 82 valence electrons. The van der Waals surface area contributed by atoms with Gasteiger partial charge in [0.05, 0.1) is 0 Å². The number of carbonyl (C=O) groups is 1. The molecule has 0 radical (unpaired) electrons. The number of nitrogens with two attached hydrogens (primary N) is 1. The Balaban J connectivity index is 2.41. The van der Waals surface area contributed by atoms with Crippen LogP contribution >= 0.6 is 0 Å². The van der Waals surface area contributed by atoms with Gasteiger partial charge in [0.15, 0.2) is 0 Å². The quantitative estimate of drug-likeness (QED) is 0.729. The monoisotopic (exact) mass is 209 g/mol. The second kappa shape index (κ2) is 6.30. The fourth-order valence-electron chi connectivity index (χ4n) is 1.41. The van der Waals surface area contributed by atoms with Crippen molar-refractivity contribution in [3.63, 3.8) is 0 Å². The van der Waals surface area contributed by atoms with E-state index in [0.29, 0.717) is 18.5 Å². The van der Waals surface area contributed by atoms with Gasteiger partial charge in [-0.2, -0.15) is 0 Å². The summed E-state index contributed by atoms with van der Waals surface area (Å²) in [5.74, 6) is -0.224. The molecule has 1 aromatic carbocycles. The van der Waals surface area contributed by atoms with Crippen LogP contribution < -0.4 is 5.73 Å². The highest BCUT2D eigenvalue weighted by Gasteiger charge is 2.06. The van der Waals surface area contributed by atoms with E-state index in [4.69, 9.17) is 5.73 Å². The Morgan fingerprint density at radius 3 is 2.67 bits per heavy atom. The number of hydrogen-bond donors (Lipinski definition) is 1. The predicted molar refractivity (Wildman–Crippen MR) is 58.0 cm³/mol. The Kier molecular flexibility index (Phi) is 4.98. The number of halogens is 1. The molecule has 0 aliphatic heterocycles. The second-order valence-electron chi connectivity index (χ2n) is 3.55. The Labute approximate surface area is 89.3 Å². The maximum atomic E-state index is 13.2. The van der Waals surface area contributed by atoms with E-state index in [-0.39, 0.29) is 18.0 Å². The molecule has 0 amide bonds. The van der Waals surface area contributed by atoms with Crippen molar-refractivity contribution in [2.75, 3.05) is 6.54 Å². The van der Waals surface area contributed by atoms with Crippen molar-refractivity contribution in [2.45, 2.75) is 25.7 Å². The second-order valence-corrected chi connectivity index (χ2v) is 3.55. The summed E-state index contributed by atoms with van der Waals surface area (Å²) >= 11 is 0. The van der Waals surface area contributed by atoms with Crippen molar-refractivity contribution in [3.8, 4) is 0 Å². The number of unbranched alkanes of at least 4 members (excludes halogenated alkanes) is 1. The Morgan fingerprint density at radius 2 is 2.00 bits per heavy atom. The number of rotatable bonds is 6. The number of benzene rings is 1. The lowest BCUT2D eigenvalue weighted by atomic mass is 10.0. The highest BCUT2D eigenvalue weighted by atomic mass is 19.1. The summed E-state index contributed by atoms with van der Waals surface area (Å²) in [4.78, 5) is 11.4. The van der Waals surface area contributed by atoms with Gasteiger partial charge in [-0.3, -0.25) is 4.79 Å². The molecule has 15 heavy (non-hydrogen) atoms. The van der Waals surface area contributed by atoms with E-state index in [1.54, 1.807) is 18.2 Å². The van der Waals surface area contributed by atoms with Gasteiger partial charge in [0.25, 0.3) is 0 Å². The third-order valence-electron chi connectivity index (χ3n) is 2.26. The molecule has 3 heteroatoms. The summed E-state index contributed by atoms with van der Waals surface area (Å²) in [5, 5.41) is 0. The van der Waals surface area contributed by atoms with Crippen LogP contribution in [0.25, 0.3) is 0 Å². The maximum Gasteiger partial charge on any atom is 0.137 e. The van der Waals surface area contributed by atoms with Crippen LogP contribution in [0, 0.1) is 5.82 Å². The minimum Gasteiger partial charge on any atom is -0.330 e. The first-order chi connectivity index (χ1) is 7.24. The highest BCUT2D eigenvalue weighted by molar-refractivity contribution is 5.80. The molecule has 0 unspecified atom stereocenters. The smallest absolute Gasteiger partial charge is 0.137 e. The summed E-state index contributed by atoms with van der Waals surface area (Å²) in [5.41, 5.74) is 5.80. The van der Waals surface area contributed by atoms with E-state index >= 15 is 0 Å². The average Bonchev–Trinajstić information content (AvgIpc) is 2.22. The number of hydrogen-bond acceptors (Lipinski definition) is 2. The summed E-state index contributed by atoms with van der Waals surface area (Å²) in [7, 11) is 0. The first-order valence-electron chi connectivity index (χ1n) is 5.19. The number of Topliss-reactive ketones (excluding diaryl/α,β-unsaturated/α-hetero) is 1. The first kappa shape index (κ1) is 11.9. The summed E-state index contributed by atoms with van der Waals surface area (Å²) < 4.78 is 13.2. The van der Waals surface area contributed by atoms with E-state index in [0.717, 1.165) is 12.8 Å². The van der Waals surface area contributed by atoms with Gasteiger partial charge in [-0.05, 0) is 31.0 Å². The molecule has 0 aliphatic rings. The Bertz CT molecular complexity index is 325. The highest BCUT2D eigenvalue weighted by Crippen LogP contribution is 2.09. The van der Waals surface area contributed by atoms with E-state index < -0.39 is 0 Å². The van der Waals surface area contributed by atoms with Crippen molar-refractivity contribution in [2.24, 2.45) is 5.73 Å². The van der Waals surface area contributed by atoms with Gasteiger partial charge in [-0.15, -0.1) is 0 Å². The lowest BCUT2D eigenvalue weighted by molar-refractivity contribution is -0.118. The van der Waals surface area contributed by atoms with Gasteiger partial charge >= 0.3 is 0 Å². The van der Waals surface area contributed by atoms with Crippen molar-refractivity contribution in [1.82, 2.24) is 0 Å². The lowest BCUT2D eigenvalue weighted by Crippen LogP contribution is -2.06. The van der Waals surface area contributed by atoms with E-state index in [2.05, 4.69) is 0 Å². The fraction of sp³-hybridized carbons (Fsp3) is 0.417. The Hall–Kier alpha value is -1.22. The third kappa shape index (κ3) is 4.21. The summed E-state index contributed by atoms with van der Waals surface area (Å²) in [6.45, 7) is 0.604. The largest absolute Gasteiger partial charge is 0.330 e. The minimum absolute atomic E-state index is 0.0774. The summed E-state index contributed by atoms with van der Waals surface area (Å²) in [6.07, 6.45) is 2.33. The normalized spacial score (nSPS) is 10.3. The molecule has 2 nitrogen and oxygen atoms in total. The molecule has 0 aromatic heterocycles. The molecule has 0 heterocycles. The first-order valence-corrected chi connectivity index (χ1v) is 5.19. The van der Waals surface area contributed by atoms with Crippen LogP contribution in [0.15, 0.2) is 24.3 Å². The van der Waals surface area contributed by atoms with Gasteiger partial charge in [0.2, 0.25) is 0 Å². The predicted octanol–water partition coefficient (Wildman–Crippen LogP) is 2.07. The molecular weight excluding hydrogens is 193 g/mol. The zero-order chi connectivity index (χ0) is 11.1. The van der Waals surface area contributed by atoms with Crippen LogP contribution in [0.1, 0.15) is 24.8 Å². The lowest BCUT2D eigenvalue weighted by Gasteiger charge is -2.02. The van der Waals surface area contributed by atoms with Crippen molar-refractivity contribution >= 4 is 5.78 Å². The maximum absolute atomic E-state index is 13.2. The molecule has 0 bridgehead atoms. The van der Waals surface area contributed by atoms with E-state index in [9.17, 15) is 9.18 Å². The molecule has 0 saturated carbocycles. The molecule has 0 spiro atoms. The van der Waals surface area contributed by atoms with Gasteiger partial charge in [-0.1, -0.05) is 18.2 Å². The van der Waals surface area contributed by atoms with Crippen molar-refractivity contribution < 1.29 is 9.18 Å². The van der Waals surface area contributed by atoms with Crippen LogP contribution in [0.2, 0.25) is 0 Å². The number of ketones is 1. The van der Waals surface area contributed by atoms with Crippen molar-refractivity contribution in [1.29, 1.82) is 0 Å². The van der Waals surface area contributed by atoms with E-state index in [1.807, 2.05) is 0 Å². The molecule has 0 fully saturated rings. The summed E-state index contributed by atoms with van der Waals surface area (Å²) in [6, 6.07) is 6.39. The standard InChI is InChI=1S/C12H16FNO/c13-12-7-2-1-5-10(12)9-11(15)6-3-4-8-14/h1-2,5,7H,3-4,6,8-9,14H2. The van der Waals surface area contributed by atoms with Crippen LogP contribution in [0.3, 0.4) is 0 Å². The van der Waals surface area contributed by atoms with Gasteiger partial charge < -0.3 is 5.73 Å². The topological polar surface area (TPSA) is 43.1 Å². The molecular formula is C12H16FNO. The molecule has 0 saturated heterocycles. The van der Waals surface area contributed by atoms with Gasteiger partial charge in [0.1, 0.15) is 11.6 Å². The van der Waals surface area contributed by atoms with Crippen molar-refractivity contribution in [3.05, 3.63) is 35.6 Å². The van der Waals surface area contributed by atoms with Crippen LogP contribution in [0.4, 0.5) is 4.39 Å². The van der Waals surface area contributed by atoms with Gasteiger partial charge in [-0.25, -0.2) is 4.39 Å². The van der Waals surface area contributed by atoms with Gasteiger partial charge in [0, 0.05) is 12.8 Å². The molecule has 1 aromatic rings. The molecule has 0 atom stereocenters. The average molecular weight is 209 g/mol. The fourth-order valence-corrected chi connectivity index (χ4v) is 1.41. The zero-order valence-corrected chi connectivity index (χ0v) is 8.71. The molecule has 1 rings (SSSR count). The molecule has 0 aliphatic carbocycles. The zero-order valence-electron chi connectivity index (χ0n) is 8.71. The third-order valence-corrected chi connectivity index (χ3v) is 2.26. The SMILES string of the molecule is NCCCCC(=O)Cc1ccccc1F. The number of carbonyl (C=O) groups excluding carboxylic acids is 1. The minimum atomic E-state index is -0.301. The van der Waals surface area contributed by atoms with E-state index in [1.165, 1.54) is 6.07 Å². The molecule has 2 N–H and O–H groups in total.